The maximum absolute atomic E-state index is 12.7. The molecule has 0 spiro atoms. The van der Waals surface area contributed by atoms with E-state index in [1.807, 2.05) is 51.9 Å². The van der Waals surface area contributed by atoms with Gasteiger partial charge >= 0.3 is 0 Å². The third kappa shape index (κ3) is 3.69. The molecule has 1 fully saturated rings. The van der Waals surface area contributed by atoms with Crippen LogP contribution in [-0.4, -0.2) is 39.2 Å². The van der Waals surface area contributed by atoms with Crippen LogP contribution in [0.3, 0.4) is 0 Å². The summed E-state index contributed by atoms with van der Waals surface area (Å²) >= 11 is 0. The molecular formula is C21H22N4O2. The number of carbonyl (C=O) groups excluding carboxylic acids is 2. The Hall–Kier alpha value is -3.15. The minimum absolute atomic E-state index is 0.133. The molecular weight excluding hydrogens is 340 g/mol. The maximum Gasteiger partial charge on any atom is 0.248 e. The van der Waals surface area contributed by atoms with Crippen LogP contribution in [0.4, 0.5) is 0 Å². The van der Waals surface area contributed by atoms with Crippen molar-refractivity contribution in [2.75, 3.05) is 13.1 Å². The predicted octanol–water partition coefficient (Wildman–Crippen LogP) is 2.07. The zero-order chi connectivity index (χ0) is 18.8. The number of amides is 2. The molecule has 6 heteroatoms. The number of imidazole rings is 1. The van der Waals surface area contributed by atoms with Crippen molar-refractivity contribution < 1.29 is 9.59 Å². The second-order valence-electron chi connectivity index (χ2n) is 7.12. The van der Waals surface area contributed by atoms with Crippen LogP contribution in [0.1, 0.15) is 28.0 Å². The number of likely N-dealkylation sites (tertiary alicyclic amines) is 1. The monoisotopic (exact) mass is 362 g/mol. The molecule has 0 bridgehead atoms. The molecule has 0 aliphatic carbocycles. The zero-order valence-corrected chi connectivity index (χ0v) is 15.0. The van der Waals surface area contributed by atoms with Crippen LogP contribution in [0.5, 0.6) is 0 Å². The lowest BCUT2D eigenvalue weighted by Crippen LogP contribution is -2.30. The normalized spacial score (nSPS) is 16.7. The van der Waals surface area contributed by atoms with E-state index in [2.05, 4.69) is 4.98 Å². The number of aromatic nitrogens is 2. The van der Waals surface area contributed by atoms with Gasteiger partial charge in [0.2, 0.25) is 11.8 Å². The molecule has 1 aliphatic heterocycles. The first-order chi connectivity index (χ1) is 13.1. The summed E-state index contributed by atoms with van der Waals surface area (Å²) in [5.41, 5.74) is 8.75. The largest absolute Gasteiger partial charge is 0.366 e. The molecule has 1 aliphatic rings. The van der Waals surface area contributed by atoms with Gasteiger partial charge in [0.15, 0.2) is 0 Å². The molecule has 0 saturated carbocycles. The van der Waals surface area contributed by atoms with Crippen LogP contribution in [-0.2, 0) is 17.6 Å². The summed E-state index contributed by atoms with van der Waals surface area (Å²) in [6, 6.07) is 13.3. The summed E-state index contributed by atoms with van der Waals surface area (Å²) in [6.07, 6.45) is 5.88. The lowest BCUT2D eigenvalue weighted by atomic mass is 9.97. The fourth-order valence-electron chi connectivity index (χ4n) is 3.79. The highest BCUT2D eigenvalue weighted by Gasteiger charge is 2.27. The lowest BCUT2D eigenvalue weighted by Gasteiger charge is -2.16. The van der Waals surface area contributed by atoms with Gasteiger partial charge in [-0.15, -0.1) is 0 Å². The number of nitrogens with two attached hydrogens (primary N) is 1. The van der Waals surface area contributed by atoms with Crippen LogP contribution in [0.15, 0.2) is 54.9 Å². The number of rotatable bonds is 5. The van der Waals surface area contributed by atoms with E-state index in [4.69, 9.17) is 5.73 Å². The Morgan fingerprint density at radius 2 is 2.07 bits per heavy atom. The van der Waals surface area contributed by atoms with Crippen molar-refractivity contribution in [1.29, 1.82) is 0 Å². The molecule has 1 atom stereocenters. The van der Waals surface area contributed by atoms with Gasteiger partial charge in [-0.05, 0) is 48.6 Å². The third-order valence-corrected chi connectivity index (χ3v) is 5.20. The van der Waals surface area contributed by atoms with Crippen molar-refractivity contribution in [2.24, 2.45) is 11.7 Å². The second-order valence-corrected chi connectivity index (χ2v) is 7.12. The smallest absolute Gasteiger partial charge is 0.248 e. The van der Waals surface area contributed by atoms with Gasteiger partial charge in [0, 0.05) is 31.0 Å². The number of hydrogen-bond acceptors (Lipinski definition) is 3. The molecule has 138 valence electrons. The van der Waals surface area contributed by atoms with Crippen LogP contribution in [0, 0.1) is 5.92 Å². The highest BCUT2D eigenvalue weighted by atomic mass is 16.2. The van der Waals surface area contributed by atoms with E-state index in [0.717, 1.165) is 42.8 Å². The van der Waals surface area contributed by atoms with Gasteiger partial charge in [-0.3, -0.25) is 9.59 Å². The number of primary amides is 1. The van der Waals surface area contributed by atoms with Crippen molar-refractivity contribution in [3.05, 3.63) is 71.7 Å². The minimum Gasteiger partial charge on any atom is -0.366 e. The van der Waals surface area contributed by atoms with Crippen molar-refractivity contribution in [1.82, 2.24) is 14.3 Å². The molecule has 6 nitrogen and oxygen atoms in total. The molecule has 2 aromatic heterocycles. The van der Waals surface area contributed by atoms with Crippen molar-refractivity contribution in [3.63, 3.8) is 0 Å². The van der Waals surface area contributed by atoms with E-state index in [9.17, 15) is 9.59 Å². The van der Waals surface area contributed by atoms with Gasteiger partial charge in [-0.2, -0.15) is 0 Å². The standard InChI is InChI=1S/C21H22N4O2/c22-21(27)17-5-3-4-15(11-17)10-16-7-9-24(14-16)20(26)12-18-13-23-19-6-1-2-8-25(18)19/h1-6,8,11,13,16H,7,9-10,12,14H2,(H2,22,27). The van der Waals surface area contributed by atoms with Gasteiger partial charge < -0.3 is 15.0 Å². The molecule has 0 radical (unpaired) electrons. The van der Waals surface area contributed by atoms with Crippen LogP contribution in [0.25, 0.3) is 5.65 Å². The molecule has 2 amide bonds. The number of nitrogens with zero attached hydrogens (tertiary/aromatic N) is 3. The van der Waals surface area contributed by atoms with E-state index in [0.29, 0.717) is 17.9 Å². The van der Waals surface area contributed by atoms with Gasteiger partial charge in [0.1, 0.15) is 5.65 Å². The fraction of sp³-hybridized carbons (Fsp3) is 0.286. The summed E-state index contributed by atoms with van der Waals surface area (Å²) in [5.74, 6) is 0.126. The van der Waals surface area contributed by atoms with Crippen molar-refractivity contribution in [3.8, 4) is 0 Å². The van der Waals surface area contributed by atoms with Crippen LogP contribution < -0.4 is 5.73 Å². The topological polar surface area (TPSA) is 80.7 Å². The van der Waals surface area contributed by atoms with E-state index in [1.54, 1.807) is 12.3 Å². The first kappa shape index (κ1) is 17.3. The van der Waals surface area contributed by atoms with E-state index >= 15 is 0 Å². The molecule has 4 rings (SSSR count). The quantitative estimate of drug-likeness (QED) is 0.754. The van der Waals surface area contributed by atoms with Crippen molar-refractivity contribution >= 4 is 17.5 Å². The Balaban J connectivity index is 1.38. The SMILES string of the molecule is NC(=O)c1cccc(CC2CCN(C(=O)Cc3cnc4ccccn34)C2)c1. The number of hydrogen-bond donors (Lipinski definition) is 1. The highest BCUT2D eigenvalue weighted by Crippen LogP contribution is 2.22. The molecule has 3 heterocycles. The summed E-state index contributed by atoms with van der Waals surface area (Å²) in [7, 11) is 0. The number of fused-ring (bicyclic) bond motifs is 1. The van der Waals surface area contributed by atoms with Gasteiger partial charge in [0.05, 0.1) is 12.1 Å². The number of benzene rings is 1. The molecule has 1 saturated heterocycles. The predicted molar refractivity (Wildman–Crippen MR) is 102 cm³/mol. The molecule has 2 N–H and O–H groups in total. The Bertz CT molecular complexity index is 995. The molecule has 3 aromatic rings. The fourth-order valence-corrected chi connectivity index (χ4v) is 3.79. The molecule has 1 aromatic carbocycles. The first-order valence-electron chi connectivity index (χ1n) is 9.17. The van der Waals surface area contributed by atoms with Crippen LogP contribution in [0.2, 0.25) is 0 Å². The van der Waals surface area contributed by atoms with Crippen LogP contribution >= 0.6 is 0 Å². The number of carbonyl (C=O) groups is 2. The summed E-state index contributed by atoms with van der Waals surface area (Å²) in [6.45, 7) is 1.52. The highest BCUT2D eigenvalue weighted by molar-refractivity contribution is 5.92. The Kier molecular flexibility index (Phi) is 4.62. The Morgan fingerprint density at radius 1 is 1.19 bits per heavy atom. The molecule has 27 heavy (non-hydrogen) atoms. The molecule has 1 unspecified atom stereocenters. The van der Waals surface area contributed by atoms with Gasteiger partial charge in [-0.1, -0.05) is 18.2 Å². The van der Waals surface area contributed by atoms with Crippen molar-refractivity contribution in [2.45, 2.75) is 19.3 Å². The van der Waals surface area contributed by atoms with E-state index < -0.39 is 5.91 Å². The van der Waals surface area contributed by atoms with Gasteiger partial charge in [-0.25, -0.2) is 4.98 Å². The number of pyridine rings is 1. The van der Waals surface area contributed by atoms with Gasteiger partial charge in [0.25, 0.3) is 0 Å². The summed E-state index contributed by atoms with van der Waals surface area (Å²) in [5, 5.41) is 0. The summed E-state index contributed by atoms with van der Waals surface area (Å²) < 4.78 is 1.96. The Morgan fingerprint density at radius 3 is 2.93 bits per heavy atom. The third-order valence-electron chi connectivity index (χ3n) is 5.20. The minimum atomic E-state index is -0.409. The van der Waals surface area contributed by atoms with E-state index in [1.165, 1.54) is 0 Å². The van der Waals surface area contributed by atoms with E-state index in [-0.39, 0.29) is 5.91 Å². The Labute approximate surface area is 157 Å². The average Bonchev–Trinajstić information content (AvgIpc) is 3.29. The summed E-state index contributed by atoms with van der Waals surface area (Å²) in [4.78, 5) is 30.3. The maximum atomic E-state index is 12.7. The first-order valence-corrected chi connectivity index (χ1v) is 9.17. The lowest BCUT2D eigenvalue weighted by molar-refractivity contribution is -0.129. The zero-order valence-electron chi connectivity index (χ0n) is 15.0. The average molecular weight is 362 g/mol. The second kappa shape index (κ2) is 7.23.